The largest absolute Gasteiger partial charge is 0.396 e. The number of aliphatic hydroxyl groups is 1. The molecule has 1 rings (SSSR count). The van der Waals surface area contributed by atoms with Crippen molar-refractivity contribution in [1.82, 2.24) is 4.90 Å². The van der Waals surface area contributed by atoms with E-state index in [0.717, 1.165) is 45.1 Å². The molecule has 0 unspecified atom stereocenters. The molecule has 4 nitrogen and oxygen atoms in total. The lowest BCUT2D eigenvalue weighted by atomic mass is 9.75. The lowest BCUT2D eigenvalue weighted by Crippen LogP contribution is -2.50. The molecule has 0 spiro atoms. The molecule has 1 aliphatic carbocycles. The Balaban J connectivity index is 2.15. The number of nitrogens with two attached hydrogens (primary N) is 1. The molecule has 0 aromatic rings. The molecule has 0 heterocycles. The zero-order valence-electron chi connectivity index (χ0n) is 10.2. The first-order valence-corrected chi connectivity index (χ1v) is 6.21. The van der Waals surface area contributed by atoms with Crippen LogP contribution in [-0.2, 0) is 4.79 Å². The molecule has 0 aliphatic heterocycles. The molecule has 0 aromatic carbocycles. The highest BCUT2D eigenvalue weighted by Crippen LogP contribution is 2.32. The fraction of sp³-hybridized carbons (Fsp3) is 0.917. The van der Waals surface area contributed by atoms with Crippen LogP contribution in [0.1, 0.15) is 44.9 Å². The quantitative estimate of drug-likeness (QED) is 0.636. The average Bonchev–Trinajstić information content (AvgIpc) is 2.21. The van der Waals surface area contributed by atoms with Gasteiger partial charge in [-0.25, -0.2) is 0 Å². The molecule has 0 atom stereocenters. The summed E-state index contributed by atoms with van der Waals surface area (Å²) in [6.45, 7) is 1.01. The Morgan fingerprint density at radius 3 is 2.56 bits per heavy atom. The lowest BCUT2D eigenvalue weighted by Gasteiger charge is -2.38. The van der Waals surface area contributed by atoms with Crippen molar-refractivity contribution >= 4 is 5.91 Å². The van der Waals surface area contributed by atoms with Gasteiger partial charge < -0.3 is 15.7 Å². The van der Waals surface area contributed by atoms with Crippen molar-refractivity contribution in [2.24, 2.45) is 5.73 Å². The summed E-state index contributed by atoms with van der Waals surface area (Å²) in [5.74, 6) is 0.159. The van der Waals surface area contributed by atoms with E-state index < -0.39 is 0 Å². The van der Waals surface area contributed by atoms with Gasteiger partial charge in [0, 0.05) is 32.2 Å². The van der Waals surface area contributed by atoms with Gasteiger partial charge in [-0.3, -0.25) is 4.79 Å². The molecular formula is C12H24N2O2. The van der Waals surface area contributed by atoms with Crippen LogP contribution in [0.3, 0.4) is 0 Å². The van der Waals surface area contributed by atoms with Crippen LogP contribution in [0.4, 0.5) is 0 Å². The van der Waals surface area contributed by atoms with Gasteiger partial charge in [-0.05, 0) is 38.5 Å². The third kappa shape index (κ3) is 4.10. The third-order valence-electron chi connectivity index (χ3n) is 3.43. The Labute approximate surface area is 97.8 Å². The number of hydrogen-bond acceptors (Lipinski definition) is 3. The molecule has 0 saturated heterocycles. The van der Waals surface area contributed by atoms with E-state index in [2.05, 4.69) is 0 Å². The summed E-state index contributed by atoms with van der Waals surface area (Å²) >= 11 is 0. The second kappa shape index (κ2) is 6.21. The SMILES string of the molecule is CN(CCCCCO)C(=O)CC1(N)CCC1. The number of carbonyl (C=O) groups is 1. The summed E-state index contributed by atoms with van der Waals surface area (Å²) in [5, 5.41) is 8.64. The maximum Gasteiger partial charge on any atom is 0.224 e. The van der Waals surface area contributed by atoms with Crippen LogP contribution in [0.15, 0.2) is 0 Å². The standard InChI is InChI=1S/C12H24N2O2/c1-14(8-3-2-4-9-15)11(16)10-12(13)6-5-7-12/h15H,2-10,13H2,1H3. The molecule has 0 bridgehead atoms. The molecule has 94 valence electrons. The number of rotatable bonds is 7. The Bertz CT molecular complexity index is 227. The van der Waals surface area contributed by atoms with Crippen molar-refractivity contribution in [3.05, 3.63) is 0 Å². The number of unbranched alkanes of at least 4 members (excludes halogenated alkanes) is 2. The van der Waals surface area contributed by atoms with E-state index in [1.54, 1.807) is 4.90 Å². The zero-order chi connectivity index (χ0) is 12.0. The van der Waals surface area contributed by atoms with Gasteiger partial charge in [-0.15, -0.1) is 0 Å². The third-order valence-corrected chi connectivity index (χ3v) is 3.43. The first kappa shape index (κ1) is 13.5. The summed E-state index contributed by atoms with van der Waals surface area (Å²) in [5.41, 5.74) is 5.83. The Morgan fingerprint density at radius 1 is 1.38 bits per heavy atom. The lowest BCUT2D eigenvalue weighted by molar-refractivity contribution is -0.132. The molecular weight excluding hydrogens is 204 g/mol. The summed E-state index contributed by atoms with van der Waals surface area (Å²) in [4.78, 5) is 13.6. The van der Waals surface area contributed by atoms with Crippen molar-refractivity contribution in [3.8, 4) is 0 Å². The molecule has 0 radical (unpaired) electrons. The van der Waals surface area contributed by atoms with Crippen LogP contribution in [0.2, 0.25) is 0 Å². The summed E-state index contributed by atoms with van der Waals surface area (Å²) in [6.07, 6.45) is 6.37. The van der Waals surface area contributed by atoms with Crippen molar-refractivity contribution in [2.75, 3.05) is 20.2 Å². The zero-order valence-corrected chi connectivity index (χ0v) is 10.2. The Morgan fingerprint density at radius 2 is 2.06 bits per heavy atom. The van der Waals surface area contributed by atoms with E-state index >= 15 is 0 Å². The second-order valence-corrected chi connectivity index (χ2v) is 4.99. The second-order valence-electron chi connectivity index (χ2n) is 4.99. The van der Waals surface area contributed by atoms with Crippen molar-refractivity contribution in [3.63, 3.8) is 0 Å². The number of nitrogens with zero attached hydrogens (tertiary/aromatic N) is 1. The number of carbonyl (C=O) groups excluding carboxylic acids is 1. The summed E-state index contributed by atoms with van der Waals surface area (Å²) in [6, 6.07) is 0. The molecule has 16 heavy (non-hydrogen) atoms. The van der Waals surface area contributed by atoms with E-state index in [1.165, 1.54) is 0 Å². The fourth-order valence-electron chi connectivity index (χ4n) is 2.01. The van der Waals surface area contributed by atoms with Gasteiger partial charge in [-0.2, -0.15) is 0 Å². The highest BCUT2D eigenvalue weighted by atomic mass is 16.2. The Kier molecular flexibility index (Phi) is 5.22. The van der Waals surface area contributed by atoms with Crippen molar-refractivity contribution in [1.29, 1.82) is 0 Å². The number of aliphatic hydroxyl groups excluding tert-OH is 1. The van der Waals surface area contributed by atoms with Gasteiger partial charge in [0.2, 0.25) is 5.91 Å². The van der Waals surface area contributed by atoms with Crippen LogP contribution < -0.4 is 5.73 Å². The maximum absolute atomic E-state index is 11.8. The maximum atomic E-state index is 11.8. The first-order valence-electron chi connectivity index (χ1n) is 6.21. The monoisotopic (exact) mass is 228 g/mol. The minimum atomic E-state index is -0.212. The van der Waals surface area contributed by atoms with Crippen LogP contribution in [0.5, 0.6) is 0 Å². The molecule has 0 aromatic heterocycles. The normalized spacial score (nSPS) is 17.9. The molecule has 3 N–H and O–H groups in total. The molecule has 1 amide bonds. The first-order chi connectivity index (χ1) is 7.57. The van der Waals surface area contributed by atoms with E-state index in [1.807, 2.05) is 7.05 Å². The predicted molar refractivity (Wildman–Crippen MR) is 64.0 cm³/mol. The van der Waals surface area contributed by atoms with Gasteiger partial charge in [0.1, 0.15) is 0 Å². The highest BCUT2D eigenvalue weighted by molar-refractivity contribution is 5.77. The molecule has 4 heteroatoms. The van der Waals surface area contributed by atoms with Crippen molar-refractivity contribution in [2.45, 2.75) is 50.5 Å². The minimum Gasteiger partial charge on any atom is -0.396 e. The summed E-state index contributed by atoms with van der Waals surface area (Å²) < 4.78 is 0. The van der Waals surface area contributed by atoms with Gasteiger partial charge in [0.05, 0.1) is 0 Å². The van der Waals surface area contributed by atoms with E-state index in [0.29, 0.717) is 6.42 Å². The number of amides is 1. The van der Waals surface area contributed by atoms with Gasteiger partial charge in [0.25, 0.3) is 0 Å². The van der Waals surface area contributed by atoms with Gasteiger partial charge in [0.15, 0.2) is 0 Å². The summed E-state index contributed by atoms with van der Waals surface area (Å²) in [7, 11) is 1.84. The van der Waals surface area contributed by atoms with Crippen molar-refractivity contribution < 1.29 is 9.90 Å². The highest BCUT2D eigenvalue weighted by Gasteiger charge is 2.35. The number of hydrogen-bond donors (Lipinski definition) is 2. The van der Waals surface area contributed by atoms with E-state index in [4.69, 9.17) is 10.8 Å². The molecule has 1 saturated carbocycles. The fourth-order valence-corrected chi connectivity index (χ4v) is 2.01. The molecule has 1 aliphatic rings. The minimum absolute atomic E-state index is 0.159. The average molecular weight is 228 g/mol. The topological polar surface area (TPSA) is 66.6 Å². The Hall–Kier alpha value is -0.610. The van der Waals surface area contributed by atoms with Crippen LogP contribution in [0, 0.1) is 0 Å². The smallest absolute Gasteiger partial charge is 0.224 e. The van der Waals surface area contributed by atoms with E-state index in [9.17, 15) is 4.79 Å². The predicted octanol–water partition coefficient (Wildman–Crippen LogP) is 0.879. The molecule has 1 fully saturated rings. The van der Waals surface area contributed by atoms with Crippen LogP contribution >= 0.6 is 0 Å². The van der Waals surface area contributed by atoms with Gasteiger partial charge in [-0.1, -0.05) is 0 Å². The van der Waals surface area contributed by atoms with E-state index in [-0.39, 0.29) is 18.1 Å². The van der Waals surface area contributed by atoms with Crippen LogP contribution in [0.25, 0.3) is 0 Å². The van der Waals surface area contributed by atoms with Crippen LogP contribution in [-0.4, -0.2) is 41.7 Å². The van der Waals surface area contributed by atoms with Gasteiger partial charge >= 0.3 is 0 Å².